The first-order valence-corrected chi connectivity index (χ1v) is 5.34. The molecule has 1 rings (SSSR count). The molecule has 0 unspecified atom stereocenters. The summed E-state index contributed by atoms with van der Waals surface area (Å²) in [5.41, 5.74) is 0.955. The Morgan fingerprint density at radius 1 is 1.50 bits per heavy atom. The molecule has 0 spiro atoms. The highest BCUT2D eigenvalue weighted by Gasteiger charge is 2.11. The molecule has 0 radical (unpaired) electrons. The van der Waals surface area contributed by atoms with Gasteiger partial charge in [0.2, 0.25) is 0 Å². The van der Waals surface area contributed by atoms with Crippen LogP contribution in [0.2, 0.25) is 5.02 Å². The fourth-order valence-electron chi connectivity index (χ4n) is 1.12. The highest BCUT2D eigenvalue weighted by molar-refractivity contribution is 6.31. The van der Waals surface area contributed by atoms with E-state index in [0.717, 1.165) is 0 Å². The fraction of sp³-hybridized carbons (Fsp3) is 0.333. The third kappa shape index (κ3) is 3.35. The minimum absolute atomic E-state index is 0.310. The molecule has 0 saturated heterocycles. The van der Waals surface area contributed by atoms with Crippen LogP contribution in [-0.4, -0.2) is 19.3 Å². The second-order valence-electron chi connectivity index (χ2n) is 3.68. The molecule has 0 aromatic heterocycles. The van der Waals surface area contributed by atoms with Crippen molar-refractivity contribution in [2.24, 2.45) is 10.9 Å². The third-order valence-corrected chi connectivity index (χ3v) is 2.11. The molecule has 0 aliphatic heterocycles. The Morgan fingerprint density at radius 3 is 2.75 bits per heavy atom. The Kier molecular flexibility index (Phi) is 4.50. The van der Waals surface area contributed by atoms with E-state index in [1.54, 1.807) is 24.4 Å². The largest absolute Gasteiger partial charge is 0.465 e. The number of rotatable bonds is 3. The lowest BCUT2D eigenvalue weighted by molar-refractivity contribution is 0.0602. The predicted octanol–water partition coefficient (Wildman–Crippen LogP) is 3.48. The van der Waals surface area contributed by atoms with Gasteiger partial charge in [0.05, 0.1) is 18.4 Å². The summed E-state index contributed by atoms with van der Waals surface area (Å²) >= 11 is 5.85. The number of halogens is 1. The highest BCUT2D eigenvalue weighted by Crippen LogP contribution is 2.24. The van der Waals surface area contributed by atoms with E-state index in [1.807, 2.05) is 13.8 Å². The Morgan fingerprint density at radius 2 is 2.19 bits per heavy atom. The minimum atomic E-state index is -0.410. The van der Waals surface area contributed by atoms with Crippen LogP contribution < -0.4 is 0 Å². The number of carbonyl (C=O) groups excluding carboxylic acids is 1. The summed E-state index contributed by atoms with van der Waals surface area (Å²) in [6.07, 6.45) is 1.76. The molecule has 1 aromatic carbocycles. The maximum Gasteiger partial charge on any atom is 0.340 e. The molecule has 4 heteroatoms. The number of nitrogens with zero attached hydrogens (tertiary/aromatic N) is 1. The first-order chi connectivity index (χ1) is 7.54. The standard InChI is InChI=1S/C12H14ClNO2/c1-8(2)7-14-11-6-9(13)4-5-10(11)12(15)16-3/h4-8H,1-3H3. The van der Waals surface area contributed by atoms with Crippen molar-refractivity contribution in [3.05, 3.63) is 28.8 Å². The molecule has 16 heavy (non-hydrogen) atoms. The van der Waals surface area contributed by atoms with Gasteiger partial charge in [0.25, 0.3) is 0 Å². The Labute approximate surface area is 100 Å². The molecule has 0 bridgehead atoms. The molecule has 86 valence electrons. The molecule has 0 amide bonds. The van der Waals surface area contributed by atoms with Gasteiger partial charge in [0, 0.05) is 11.2 Å². The molecule has 1 aromatic rings. The van der Waals surface area contributed by atoms with Gasteiger partial charge in [0.15, 0.2) is 0 Å². The van der Waals surface area contributed by atoms with E-state index in [1.165, 1.54) is 7.11 Å². The SMILES string of the molecule is COC(=O)c1ccc(Cl)cc1N=CC(C)C. The topological polar surface area (TPSA) is 38.7 Å². The average molecular weight is 240 g/mol. The van der Waals surface area contributed by atoms with Crippen LogP contribution in [0.3, 0.4) is 0 Å². The maximum atomic E-state index is 11.5. The number of hydrogen-bond acceptors (Lipinski definition) is 3. The summed E-state index contributed by atoms with van der Waals surface area (Å²) in [4.78, 5) is 15.7. The van der Waals surface area contributed by atoms with Crippen molar-refractivity contribution in [3.63, 3.8) is 0 Å². The van der Waals surface area contributed by atoms with Gasteiger partial charge in [-0.05, 0) is 24.1 Å². The summed E-state index contributed by atoms with van der Waals surface area (Å²) in [5.74, 6) is -0.1000. The molecular formula is C12H14ClNO2. The molecule has 0 aliphatic rings. The van der Waals surface area contributed by atoms with E-state index in [9.17, 15) is 4.79 Å². The Hall–Kier alpha value is -1.35. The van der Waals surface area contributed by atoms with Gasteiger partial charge in [0.1, 0.15) is 0 Å². The van der Waals surface area contributed by atoms with Crippen LogP contribution in [-0.2, 0) is 4.74 Å². The van der Waals surface area contributed by atoms with E-state index in [0.29, 0.717) is 22.2 Å². The van der Waals surface area contributed by atoms with Crippen LogP contribution >= 0.6 is 11.6 Å². The number of ether oxygens (including phenoxy) is 1. The van der Waals surface area contributed by atoms with Crippen LogP contribution in [0.4, 0.5) is 5.69 Å². The smallest absolute Gasteiger partial charge is 0.340 e. The lowest BCUT2D eigenvalue weighted by Crippen LogP contribution is -2.01. The minimum Gasteiger partial charge on any atom is -0.465 e. The second kappa shape index (κ2) is 5.66. The van der Waals surface area contributed by atoms with Crippen molar-refractivity contribution >= 4 is 29.5 Å². The number of aliphatic imine (C=N–C) groups is 1. The van der Waals surface area contributed by atoms with Crippen LogP contribution in [0.1, 0.15) is 24.2 Å². The van der Waals surface area contributed by atoms with Crippen molar-refractivity contribution in [2.45, 2.75) is 13.8 Å². The van der Waals surface area contributed by atoms with E-state index in [2.05, 4.69) is 9.73 Å². The molecule has 0 saturated carbocycles. The maximum absolute atomic E-state index is 11.5. The van der Waals surface area contributed by atoms with Gasteiger partial charge in [-0.1, -0.05) is 25.4 Å². The quantitative estimate of drug-likeness (QED) is 0.598. The highest BCUT2D eigenvalue weighted by atomic mass is 35.5. The third-order valence-electron chi connectivity index (χ3n) is 1.88. The van der Waals surface area contributed by atoms with Gasteiger partial charge in [-0.25, -0.2) is 4.79 Å². The number of esters is 1. The van der Waals surface area contributed by atoms with Gasteiger partial charge in [-0.3, -0.25) is 4.99 Å². The van der Waals surface area contributed by atoms with E-state index >= 15 is 0 Å². The van der Waals surface area contributed by atoms with E-state index in [-0.39, 0.29) is 0 Å². The molecular weight excluding hydrogens is 226 g/mol. The first-order valence-electron chi connectivity index (χ1n) is 4.96. The number of hydrogen-bond donors (Lipinski definition) is 0. The number of carbonyl (C=O) groups is 1. The normalized spacial score (nSPS) is 11.1. The predicted molar refractivity (Wildman–Crippen MR) is 65.8 cm³/mol. The summed E-state index contributed by atoms with van der Waals surface area (Å²) in [6.45, 7) is 4.01. The van der Waals surface area contributed by atoms with Gasteiger partial charge < -0.3 is 4.74 Å². The monoisotopic (exact) mass is 239 g/mol. The second-order valence-corrected chi connectivity index (χ2v) is 4.11. The van der Waals surface area contributed by atoms with Crippen molar-refractivity contribution < 1.29 is 9.53 Å². The van der Waals surface area contributed by atoms with Gasteiger partial charge >= 0.3 is 5.97 Å². The molecule has 3 nitrogen and oxygen atoms in total. The first kappa shape index (κ1) is 12.7. The zero-order valence-corrected chi connectivity index (χ0v) is 10.3. The van der Waals surface area contributed by atoms with E-state index in [4.69, 9.17) is 11.6 Å². The zero-order chi connectivity index (χ0) is 12.1. The van der Waals surface area contributed by atoms with Crippen LogP contribution in [0.25, 0.3) is 0 Å². The molecule has 0 heterocycles. The van der Waals surface area contributed by atoms with Crippen LogP contribution in [0.15, 0.2) is 23.2 Å². The molecule has 0 N–H and O–H groups in total. The lowest BCUT2D eigenvalue weighted by Gasteiger charge is -2.04. The molecule has 0 atom stereocenters. The van der Waals surface area contributed by atoms with Gasteiger partial charge in [-0.15, -0.1) is 0 Å². The zero-order valence-electron chi connectivity index (χ0n) is 9.53. The lowest BCUT2D eigenvalue weighted by atomic mass is 10.2. The van der Waals surface area contributed by atoms with Crippen molar-refractivity contribution in [1.29, 1.82) is 0 Å². The average Bonchev–Trinajstić information content (AvgIpc) is 2.25. The number of benzene rings is 1. The summed E-state index contributed by atoms with van der Waals surface area (Å²) in [6, 6.07) is 4.90. The van der Waals surface area contributed by atoms with Gasteiger partial charge in [-0.2, -0.15) is 0 Å². The van der Waals surface area contributed by atoms with Crippen molar-refractivity contribution in [3.8, 4) is 0 Å². The van der Waals surface area contributed by atoms with Crippen LogP contribution in [0.5, 0.6) is 0 Å². The fourth-order valence-corrected chi connectivity index (χ4v) is 1.29. The summed E-state index contributed by atoms with van der Waals surface area (Å²) < 4.78 is 4.67. The molecule has 0 fully saturated rings. The van der Waals surface area contributed by atoms with Crippen molar-refractivity contribution in [2.75, 3.05) is 7.11 Å². The Balaban J connectivity index is 3.13. The summed E-state index contributed by atoms with van der Waals surface area (Å²) in [5, 5.41) is 0.545. The van der Waals surface area contributed by atoms with E-state index < -0.39 is 5.97 Å². The molecule has 0 aliphatic carbocycles. The number of methoxy groups -OCH3 is 1. The Bertz CT molecular complexity index is 413. The van der Waals surface area contributed by atoms with Crippen LogP contribution in [0, 0.1) is 5.92 Å². The van der Waals surface area contributed by atoms with Crippen molar-refractivity contribution in [1.82, 2.24) is 0 Å². The summed E-state index contributed by atoms with van der Waals surface area (Å²) in [7, 11) is 1.34.